The van der Waals surface area contributed by atoms with Crippen molar-refractivity contribution in [3.8, 4) is 0 Å². The number of anilines is 1. The molecule has 0 aliphatic carbocycles. The van der Waals surface area contributed by atoms with Crippen molar-refractivity contribution >= 4 is 17.6 Å². The number of carbonyl (C=O) groups excluding carboxylic acids is 2. The number of carbonyl (C=O) groups is 2. The number of hydrogen-bond acceptors (Lipinski definition) is 5. The van der Waals surface area contributed by atoms with Gasteiger partial charge in [0.2, 0.25) is 0 Å². The first-order valence-electron chi connectivity index (χ1n) is 5.13. The van der Waals surface area contributed by atoms with Gasteiger partial charge in [0.25, 0.3) is 0 Å². The first-order chi connectivity index (χ1) is 8.04. The molecule has 1 atom stereocenters. The lowest BCUT2D eigenvalue weighted by Crippen LogP contribution is -2.19. The van der Waals surface area contributed by atoms with E-state index in [1.807, 2.05) is 0 Å². The van der Waals surface area contributed by atoms with Gasteiger partial charge in [0.05, 0.1) is 13.0 Å². The number of benzene rings is 1. The van der Waals surface area contributed by atoms with Crippen molar-refractivity contribution < 1.29 is 19.1 Å². The van der Waals surface area contributed by atoms with Gasteiger partial charge < -0.3 is 15.2 Å². The summed E-state index contributed by atoms with van der Waals surface area (Å²) in [6.45, 7) is 1.32. The molecule has 0 amide bonds. The van der Waals surface area contributed by atoms with E-state index in [0.717, 1.165) is 5.56 Å². The molecule has 1 rings (SSSR count). The first kappa shape index (κ1) is 13.0. The molecule has 0 saturated heterocycles. The topological polar surface area (TPSA) is 78.6 Å². The van der Waals surface area contributed by atoms with Crippen LogP contribution in [0.4, 0.5) is 5.69 Å². The molecule has 5 heteroatoms. The lowest BCUT2D eigenvalue weighted by atomic mass is 10.0. The second-order valence-corrected chi connectivity index (χ2v) is 3.58. The van der Waals surface area contributed by atoms with Crippen LogP contribution in [0, 0.1) is 0 Å². The Kier molecular flexibility index (Phi) is 4.51. The highest BCUT2D eigenvalue weighted by Gasteiger charge is 2.18. The van der Waals surface area contributed by atoms with Crippen LogP contribution in [0.5, 0.6) is 0 Å². The zero-order valence-electron chi connectivity index (χ0n) is 9.80. The van der Waals surface area contributed by atoms with E-state index in [9.17, 15) is 9.59 Å². The van der Waals surface area contributed by atoms with Gasteiger partial charge in [-0.3, -0.25) is 4.79 Å². The molecular weight excluding hydrogens is 222 g/mol. The van der Waals surface area contributed by atoms with Crippen molar-refractivity contribution in [2.75, 3.05) is 19.5 Å². The molecule has 0 bridgehead atoms. The maximum absolute atomic E-state index is 11.6. The van der Waals surface area contributed by atoms with E-state index in [4.69, 9.17) is 10.5 Å². The van der Waals surface area contributed by atoms with Gasteiger partial charge in [0, 0.05) is 5.69 Å². The summed E-state index contributed by atoms with van der Waals surface area (Å²) >= 11 is 0. The second kappa shape index (κ2) is 5.89. The first-order valence-corrected chi connectivity index (χ1v) is 5.13. The number of ether oxygens (including phenoxy) is 2. The zero-order chi connectivity index (χ0) is 12.8. The molecule has 0 saturated carbocycles. The predicted octanol–water partition coefficient (Wildman–Crippen LogP) is 1.09. The SMILES string of the molecule is COC(=O)COC(=O)C(C)c1cccc(N)c1. The van der Waals surface area contributed by atoms with E-state index in [2.05, 4.69) is 4.74 Å². The Morgan fingerprint density at radius 2 is 2.12 bits per heavy atom. The minimum absolute atomic E-state index is 0.373. The molecule has 0 radical (unpaired) electrons. The summed E-state index contributed by atoms with van der Waals surface area (Å²) in [4.78, 5) is 22.4. The summed E-state index contributed by atoms with van der Waals surface area (Å²) in [6.07, 6.45) is 0. The summed E-state index contributed by atoms with van der Waals surface area (Å²) in [6, 6.07) is 6.97. The van der Waals surface area contributed by atoms with Crippen LogP contribution in [-0.4, -0.2) is 25.7 Å². The Labute approximate surface area is 99.5 Å². The van der Waals surface area contributed by atoms with E-state index in [0.29, 0.717) is 5.69 Å². The molecule has 1 aromatic rings. The average molecular weight is 237 g/mol. The molecule has 0 aromatic heterocycles. The van der Waals surface area contributed by atoms with Gasteiger partial charge in [-0.25, -0.2) is 4.79 Å². The molecule has 1 unspecified atom stereocenters. The molecule has 0 heterocycles. The van der Waals surface area contributed by atoms with Crippen LogP contribution in [0.2, 0.25) is 0 Å². The number of nitrogen functional groups attached to an aromatic ring is 1. The molecule has 0 aliphatic rings. The lowest BCUT2D eigenvalue weighted by Gasteiger charge is -2.11. The van der Waals surface area contributed by atoms with Crippen molar-refractivity contribution in [3.05, 3.63) is 29.8 Å². The van der Waals surface area contributed by atoms with Crippen molar-refractivity contribution in [1.82, 2.24) is 0 Å². The van der Waals surface area contributed by atoms with E-state index in [1.165, 1.54) is 7.11 Å². The molecule has 17 heavy (non-hydrogen) atoms. The van der Waals surface area contributed by atoms with E-state index in [-0.39, 0.29) is 6.61 Å². The summed E-state index contributed by atoms with van der Waals surface area (Å²) in [5.74, 6) is -1.54. The standard InChI is InChI=1S/C12H15NO4/c1-8(9-4-3-5-10(13)6-9)12(15)17-7-11(14)16-2/h3-6,8H,7,13H2,1-2H3. The van der Waals surface area contributed by atoms with Gasteiger partial charge >= 0.3 is 11.9 Å². The molecule has 2 N–H and O–H groups in total. The van der Waals surface area contributed by atoms with E-state index >= 15 is 0 Å². The summed E-state index contributed by atoms with van der Waals surface area (Å²) in [5.41, 5.74) is 6.94. The largest absolute Gasteiger partial charge is 0.466 e. The van der Waals surface area contributed by atoms with Crippen molar-refractivity contribution in [3.63, 3.8) is 0 Å². The molecule has 1 aromatic carbocycles. The van der Waals surface area contributed by atoms with Gasteiger partial charge in [0.1, 0.15) is 0 Å². The molecule has 0 aliphatic heterocycles. The van der Waals surface area contributed by atoms with Crippen molar-refractivity contribution in [2.45, 2.75) is 12.8 Å². The maximum atomic E-state index is 11.6. The third-order valence-electron chi connectivity index (χ3n) is 2.32. The maximum Gasteiger partial charge on any atom is 0.344 e. The van der Waals surface area contributed by atoms with Gasteiger partial charge in [-0.15, -0.1) is 0 Å². The highest BCUT2D eigenvalue weighted by molar-refractivity contribution is 5.81. The number of nitrogens with two attached hydrogens (primary N) is 1. The van der Waals surface area contributed by atoms with Crippen LogP contribution >= 0.6 is 0 Å². The minimum atomic E-state index is -0.585. The number of esters is 2. The van der Waals surface area contributed by atoms with Crippen molar-refractivity contribution in [2.24, 2.45) is 0 Å². The Hall–Kier alpha value is -2.04. The van der Waals surface area contributed by atoms with Gasteiger partial charge in [-0.2, -0.15) is 0 Å². The summed E-state index contributed by atoms with van der Waals surface area (Å²) in [7, 11) is 1.23. The Bertz CT molecular complexity index is 417. The second-order valence-electron chi connectivity index (χ2n) is 3.58. The molecule has 5 nitrogen and oxygen atoms in total. The van der Waals surface area contributed by atoms with Gasteiger partial charge in [-0.1, -0.05) is 12.1 Å². The highest BCUT2D eigenvalue weighted by atomic mass is 16.6. The third-order valence-corrected chi connectivity index (χ3v) is 2.32. The normalized spacial score (nSPS) is 11.6. The predicted molar refractivity (Wildman–Crippen MR) is 62.2 cm³/mol. The third kappa shape index (κ3) is 3.79. The van der Waals surface area contributed by atoms with Crippen LogP contribution in [0.15, 0.2) is 24.3 Å². The van der Waals surface area contributed by atoms with Crippen molar-refractivity contribution in [1.29, 1.82) is 0 Å². The van der Waals surface area contributed by atoms with E-state index in [1.54, 1.807) is 31.2 Å². The fourth-order valence-corrected chi connectivity index (χ4v) is 1.28. The average Bonchev–Trinajstić information content (AvgIpc) is 2.34. The van der Waals surface area contributed by atoms with Crippen LogP contribution < -0.4 is 5.73 Å². The number of rotatable bonds is 4. The lowest BCUT2D eigenvalue weighted by molar-refractivity contribution is -0.157. The van der Waals surface area contributed by atoms with Crippen LogP contribution in [0.25, 0.3) is 0 Å². The molecular formula is C12H15NO4. The number of hydrogen-bond donors (Lipinski definition) is 1. The Morgan fingerprint density at radius 3 is 2.71 bits per heavy atom. The highest BCUT2D eigenvalue weighted by Crippen LogP contribution is 2.18. The van der Waals surface area contributed by atoms with Gasteiger partial charge in [-0.05, 0) is 24.6 Å². The fraction of sp³-hybridized carbons (Fsp3) is 0.333. The summed E-state index contributed by atoms with van der Waals surface area (Å²) < 4.78 is 9.17. The number of methoxy groups -OCH3 is 1. The minimum Gasteiger partial charge on any atom is -0.466 e. The molecule has 0 spiro atoms. The molecule has 0 fully saturated rings. The Morgan fingerprint density at radius 1 is 1.41 bits per heavy atom. The smallest absolute Gasteiger partial charge is 0.344 e. The quantitative estimate of drug-likeness (QED) is 0.626. The monoisotopic (exact) mass is 237 g/mol. The summed E-state index contributed by atoms with van der Waals surface area (Å²) in [5, 5.41) is 0. The molecule has 92 valence electrons. The van der Waals surface area contributed by atoms with Crippen LogP contribution in [0.3, 0.4) is 0 Å². The van der Waals surface area contributed by atoms with Crippen LogP contribution in [0.1, 0.15) is 18.4 Å². The van der Waals surface area contributed by atoms with Crippen LogP contribution in [-0.2, 0) is 19.1 Å². The zero-order valence-corrected chi connectivity index (χ0v) is 9.80. The van der Waals surface area contributed by atoms with E-state index < -0.39 is 17.9 Å². The fourth-order valence-electron chi connectivity index (χ4n) is 1.28. The Balaban J connectivity index is 2.60. The van der Waals surface area contributed by atoms with Gasteiger partial charge in [0.15, 0.2) is 6.61 Å².